The van der Waals surface area contributed by atoms with Gasteiger partial charge in [-0.2, -0.15) is 0 Å². The Morgan fingerprint density at radius 2 is 1.94 bits per heavy atom. The first-order chi connectivity index (χ1) is 7.83. The van der Waals surface area contributed by atoms with Crippen LogP contribution in [-0.2, 0) is 0 Å². The van der Waals surface area contributed by atoms with Crippen molar-refractivity contribution in [2.75, 3.05) is 7.11 Å². The first-order valence-corrected chi connectivity index (χ1v) is 5.86. The van der Waals surface area contributed by atoms with Crippen LogP contribution in [0.25, 0.3) is 0 Å². The summed E-state index contributed by atoms with van der Waals surface area (Å²) < 4.78 is 5.20. The quantitative estimate of drug-likeness (QED) is 0.776. The van der Waals surface area contributed by atoms with E-state index >= 15 is 0 Å². The summed E-state index contributed by atoms with van der Waals surface area (Å²) >= 11 is 0. The minimum Gasteiger partial charge on any atom is -0.480 e. The number of ether oxygens (including phenoxy) is 1. The third-order valence-electron chi connectivity index (χ3n) is 3.22. The van der Waals surface area contributed by atoms with E-state index in [4.69, 9.17) is 4.74 Å². The molecule has 0 spiro atoms. The van der Waals surface area contributed by atoms with Crippen LogP contribution in [0.5, 0.6) is 5.88 Å². The highest BCUT2D eigenvalue weighted by Crippen LogP contribution is 2.34. The lowest BCUT2D eigenvalue weighted by molar-refractivity contribution is 0.132. The summed E-state index contributed by atoms with van der Waals surface area (Å²) in [5, 5.41) is 10.1. The van der Waals surface area contributed by atoms with Crippen molar-refractivity contribution in [3.05, 3.63) is 18.1 Å². The van der Waals surface area contributed by atoms with E-state index in [1.54, 1.807) is 19.5 Å². The fraction of sp³-hybridized carbons (Fsp3) is 0.667. The number of hydrogen-bond donors (Lipinski definition) is 1. The topological polar surface area (TPSA) is 55.2 Å². The Hall–Kier alpha value is -1.16. The number of rotatable bonds is 2. The van der Waals surface area contributed by atoms with Gasteiger partial charge in [-0.1, -0.05) is 19.3 Å². The van der Waals surface area contributed by atoms with Crippen LogP contribution in [0.15, 0.2) is 12.4 Å². The molecule has 1 heterocycles. The van der Waals surface area contributed by atoms with Crippen LogP contribution in [0, 0.1) is 0 Å². The van der Waals surface area contributed by atoms with Crippen molar-refractivity contribution in [3.63, 3.8) is 0 Å². The normalized spacial score (nSPS) is 26.1. The number of aromatic nitrogens is 2. The molecule has 4 nitrogen and oxygen atoms in total. The first-order valence-electron chi connectivity index (χ1n) is 5.86. The van der Waals surface area contributed by atoms with Crippen LogP contribution in [0.4, 0.5) is 0 Å². The highest BCUT2D eigenvalue weighted by molar-refractivity contribution is 5.23. The van der Waals surface area contributed by atoms with Gasteiger partial charge in [0.2, 0.25) is 5.88 Å². The second-order valence-electron chi connectivity index (χ2n) is 4.26. The Morgan fingerprint density at radius 3 is 2.75 bits per heavy atom. The SMILES string of the molecule is COc1nccnc1C1CCCCCC1O. The standard InChI is InChI=1S/C12H18N2O2/c1-16-12-11(13-7-8-14-12)9-5-3-2-4-6-10(9)15/h7-10,15H,2-6H2,1H3. The van der Waals surface area contributed by atoms with Crippen molar-refractivity contribution in [2.45, 2.75) is 44.1 Å². The molecular formula is C12H18N2O2. The monoisotopic (exact) mass is 222 g/mol. The van der Waals surface area contributed by atoms with Crippen LogP contribution in [-0.4, -0.2) is 28.3 Å². The second kappa shape index (κ2) is 5.25. The predicted molar refractivity (Wildman–Crippen MR) is 60.4 cm³/mol. The smallest absolute Gasteiger partial charge is 0.235 e. The molecule has 88 valence electrons. The Labute approximate surface area is 95.7 Å². The largest absolute Gasteiger partial charge is 0.480 e. The van der Waals surface area contributed by atoms with Crippen molar-refractivity contribution in [2.24, 2.45) is 0 Å². The van der Waals surface area contributed by atoms with Gasteiger partial charge in [0.05, 0.1) is 13.2 Å². The van der Waals surface area contributed by atoms with Gasteiger partial charge in [0.15, 0.2) is 0 Å². The zero-order chi connectivity index (χ0) is 11.4. The van der Waals surface area contributed by atoms with Crippen LogP contribution in [0.2, 0.25) is 0 Å². The Bertz CT molecular complexity index is 344. The van der Waals surface area contributed by atoms with Crippen molar-refractivity contribution >= 4 is 0 Å². The molecule has 0 saturated heterocycles. The lowest BCUT2D eigenvalue weighted by atomic mass is 9.94. The van der Waals surface area contributed by atoms with Gasteiger partial charge in [-0.25, -0.2) is 4.98 Å². The maximum Gasteiger partial charge on any atom is 0.235 e. The number of methoxy groups -OCH3 is 1. The van der Waals surface area contributed by atoms with Gasteiger partial charge in [0.25, 0.3) is 0 Å². The van der Waals surface area contributed by atoms with E-state index in [2.05, 4.69) is 9.97 Å². The fourth-order valence-corrected chi connectivity index (χ4v) is 2.35. The zero-order valence-electron chi connectivity index (χ0n) is 9.59. The van der Waals surface area contributed by atoms with Crippen LogP contribution in [0.3, 0.4) is 0 Å². The average Bonchev–Trinajstić information content (AvgIpc) is 2.54. The maximum absolute atomic E-state index is 10.1. The minimum atomic E-state index is -0.312. The molecule has 1 aromatic heterocycles. The van der Waals surface area contributed by atoms with Crippen molar-refractivity contribution in [3.8, 4) is 5.88 Å². The molecule has 1 aromatic rings. The van der Waals surface area contributed by atoms with Gasteiger partial charge in [0.1, 0.15) is 5.69 Å². The zero-order valence-corrected chi connectivity index (χ0v) is 9.59. The highest BCUT2D eigenvalue weighted by Gasteiger charge is 2.27. The maximum atomic E-state index is 10.1. The third kappa shape index (κ3) is 2.32. The van der Waals surface area contributed by atoms with Crippen molar-refractivity contribution < 1.29 is 9.84 Å². The van der Waals surface area contributed by atoms with Gasteiger partial charge in [-0.15, -0.1) is 0 Å². The van der Waals surface area contributed by atoms with E-state index in [0.717, 1.165) is 31.4 Å². The van der Waals surface area contributed by atoms with Gasteiger partial charge in [0, 0.05) is 18.3 Å². The van der Waals surface area contributed by atoms with Gasteiger partial charge in [-0.3, -0.25) is 4.98 Å². The van der Waals surface area contributed by atoms with Gasteiger partial charge in [-0.05, 0) is 12.8 Å². The summed E-state index contributed by atoms with van der Waals surface area (Å²) in [6.07, 6.45) is 8.22. The molecule has 0 bridgehead atoms. The lowest BCUT2D eigenvalue weighted by Gasteiger charge is -2.20. The van der Waals surface area contributed by atoms with E-state index in [9.17, 15) is 5.11 Å². The molecule has 2 atom stereocenters. The lowest BCUT2D eigenvalue weighted by Crippen LogP contribution is -2.19. The summed E-state index contributed by atoms with van der Waals surface area (Å²) in [5.41, 5.74) is 0.805. The molecule has 0 amide bonds. The minimum absolute atomic E-state index is 0.0751. The Kier molecular flexibility index (Phi) is 3.72. The van der Waals surface area contributed by atoms with E-state index < -0.39 is 0 Å². The molecule has 2 rings (SSSR count). The number of nitrogens with zero attached hydrogens (tertiary/aromatic N) is 2. The second-order valence-corrected chi connectivity index (χ2v) is 4.26. The molecule has 16 heavy (non-hydrogen) atoms. The highest BCUT2D eigenvalue weighted by atomic mass is 16.5. The Morgan fingerprint density at radius 1 is 1.19 bits per heavy atom. The predicted octanol–water partition coefficient (Wildman–Crippen LogP) is 1.89. The number of aliphatic hydroxyl groups is 1. The van der Waals surface area contributed by atoms with E-state index in [-0.39, 0.29) is 12.0 Å². The fourth-order valence-electron chi connectivity index (χ4n) is 2.35. The molecule has 1 aliphatic carbocycles. The third-order valence-corrected chi connectivity index (χ3v) is 3.22. The molecule has 0 aromatic carbocycles. The summed E-state index contributed by atoms with van der Waals surface area (Å²) in [7, 11) is 1.59. The van der Waals surface area contributed by atoms with Crippen LogP contribution in [0.1, 0.15) is 43.7 Å². The molecule has 0 aliphatic heterocycles. The van der Waals surface area contributed by atoms with Crippen molar-refractivity contribution in [1.82, 2.24) is 9.97 Å². The molecule has 0 radical (unpaired) electrons. The van der Waals surface area contributed by atoms with Gasteiger partial charge >= 0.3 is 0 Å². The molecular weight excluding hydrogens is 204 g/mol. The molecule has 1 aliphatic rings. The molecule has 1 fully saturated rings. The van der Waals surface area contributed by atoms with Crippen LogP contribution >= 0.6 is 0 Å². The molecule has 4 heteroatoms. The summed E-state index contributed by atoms with van der Waals surface area (Å²) in [6, 6.07) is 0. The van der Waals surface area contributed by atoms with Crippen molar-refractivity contribution in [1.29, 1.82) is 0 Å². The number of aliphatic hydroxyl groups excluding tert-OH is 1. The molecule has 1 N–H and O–H groups in total. The summed E-state index contributed by atoms with van der Waals surface area (Å²) in [5.74, 6) is 0.625. The summed E-state index contributed by atoms with van der Waals surface area (Å²) in [4.78, 5) is 8.46. The first kappa shape index (κ1) is 11.3. The van der Waals surface area contributed by atoms with Crippen LogP contribution < -0.4 is 4.74 Å². The van der Waals surface area contributed by atoms with E-state index in [1.165, 1.54) is 6.42 Å². The Balaban J connectivity index is 2.26. The van der Waals surface area contributed by atoms with E-state index in [0.29, 0.717) is 5.88 Å². The van der Waals surface area contributed by atoms with Gasteiger partial charge < -0.3 is 9.84 Å². The average molecular weight is 222 g/mol. The molecule has 2 unspecified atom stereocenters. The van der Waals surface area contributed by atoms with E-state index in [1.807, 2.05) is 0 Å². The molecule has 1 saturated carbocycles. The number of hydrogen-bond acceptors (Lipinski definition) is 4. The summed E-state index contributed by atoms with van der Waals surface area (Å²) in [6.45, 7) is 0.